The van der Waals surface area contributed by atoms with Gasteiger partial charge in [-0.25, -0.2) is 0 Å². The summed E-state index contributed by atoms with van der Waals surface area (Å²) < 4.78 is 4.99. The van der Waals surface area contributed by atoms with Crippen LogP contribution in [0.4, 0.5) is 0 Å². The molecular formula is C10H21N3O2. The molecule has 0 aromatic rings. The van der Waals surface area contributed by atoms with Gasteiger partial charge in [0.1, 0.15) is 0 Å². The fourth-order valence-corrected chi connectivity index (χ4v) is 1.87. The van der Waals surface area contributed by atoms with Gasteiger partial charge in [-0.05, 0) is 13.5 Å². The molecule has 0 aliphatic carbocycles. The lowest BCUT2D eigenvalue weighted by molar-refractivity contribution is -0.124. The van der Waals surface area contributed by atoms with Crippen molar-refractivity contribution >= 4 is 5.91 Å². The maximum Gasteiger partial charge on any atom is 0.234 e. The highest BCUT2D eigenvalue weighted by molar-refractivity contribution is 5.79. The zero-order chi connectivity index (χ0) is 11.3. The molecule has 1 heterocycles. The Morgan fingerprint density at radius 3 is 2.47 bits per heavy atom. The topological polar surface area (TPSA) is 58.8 Å². The minimum Gasteiger partial charge on any atom is -0.385 e. The van der Waals surface area contributed by atoms with E-state index in [2.05, 4.69) is 16.8 Å². The molecule has 2 N–H and O–H groups in total. The molecule has 1 aliphatic rings. The number of methoxy groups -OCH3 is 1. The molecule has 0 aromatic carbocycles. The maximum atomic E-state index is 11.3. The monoisotopic (exact) mass is 215 g/mol. The zero-order valence-electron chi connectivity index (χ0n) is 9.61. The van der Waals surface area contributed by atoms with Crippen LogP contribution in [0.5, 0.6) is 0 Å². The molecule has 1 aliphatic heterocycles. The van der Waals surface area contributed by atoms with Crippen molar-refractivity contribution in [2.24, 2.45) is 5.73 Å². The third-order valence-electron chi connectivity index (χ3n) is 2.90. The fraction of sp³-hybridized carbons (Fsp3) is 0.900. The average molecular weight is 215 g/mol. The molecule has 1 fully saturated rings. The Hall–Kier alpha value is -0.650. The van der Waals surface area contributed by atoms with Crippen molar-refractivity contribution in [1.29, 1.82) is 0 Å². The molecule has 1 rings (SSSR count). The summed E-state index contributed by atoms with van der Waals surface area (Å²) in [7, 11) is 3.73. The Morgan fingerprint density at radius 2 is 2.00 bits per heavy atom. The first-order valence-corrected chi connectivity index (χ1v) is 5.36. The van der Waals surface area contributed by atoms with Crippen LogP contribution in [0, 0.1) is 0 Å². The second kappa shape index (κ2) is 6.05. The second-order valence-electron chi connectivity index (χ2n) is 4.04. The minimum atomic E-state index is -0.239. The molecule has 1 atom stereocenters. The first kappa shape index (κ1) is 12.4. The van der Waals surface area contributed by atoms with Crippen molar-refractivity contribution in [2.75, 3.05) is 46.9 Å². The molecule has 88 valence electrons. The lowest BCUT2D eigenvalue weighted by Crippen LogP contribution is -2.53. The van der Waals surface area contributed by atoms with Crippen LogP contribution in [0.3, 0.4) is 0 Å². The molecule has 1 amide bonds. The SMILES string of the molecule is COCC[C@H](C(N)=O)N1CCN(C)CC1. The summed E-state index contributed by atoms with van der Waals surface area (Å²) in [5.74, 6) is -0.239. The molecule has 0 bridgehead atoms. The van der Waals surface area contributed by atoms with E-state index in [0.717, 1.165) is 26.2 Å². The maximum absolute atomic E-state index is 11.3. The quantitative estimate of drug-likeness (QED) is 0.647. The van der Waals surface area contributed by atoms with Crippen molar-refractivity contribution in [3.63, 3.8) is 0 Å². The van der Waals surface area contributed by atoms with Crippen molar-refractivity contribution in [3.8, 4) is 0 Å². The molecule has 0 radical (unpaired) electrons. The molecule has 0 saturated carbocycles. The number of likely N-dealkylation sites (N-methyl/N-ethyl adjacent to an activating group) is 1. The van der Waals surface area contributed by atoms with Crippen LogP contribution in [-0.2, 0) is 9.53 Å². The van der Waals surface area contributed by atoms with Crippen LogP contribution in [-0.4, -0.2) is 68.7 Å². The third-order valence-corrected chi connectivity index (χ3v) is 2.90. The van der Waals surface area contributed by atoms with Crippen molar-refractivity contribution < 1.29 is 9.53 Å². The van der Waals surface area contributed by atoms with E-state index < -0.39 is 0 Å². The number of nitrogens with two attached hydrogens (primary N) is 1. The molecule has 0 unspecified atom stereocenters. The predicted molar refractivity (Wildman–Crippen MR) is 58.5 cm³/mol. The number of hydrogen-bond acceptors (Lipinski definition) is 4. The Labute approximate surface area is 91.2 Å². The van der Waals surface area contributed by atoms with Gasteiger partial charge in [-0.3, -0.25) is 9.69 Å². The van der Waals surface area contributed by atoms with Gasteiger partial charge in [-0.1, -0.05) is 0 Å². The molecule has 5 heteroatoms. The van der Waals surface area contributed by atoms with E-state index in [4.69, 9.17) is 10.5 Å². The highest BCUT2D eigenvalue weighted by Gasteiger charge is 2.25. The van der Waals surface area contributed by atoms with Gasteiger partial charge in [0.15, 0.2) is 0 Å². The Bertz CT molecular complexity index is 203. The number of primary amides is 1. The van der Waals surface area contributed by atoms with E-state index in [-0.39, 0.29) is 11.9 Å². The average Bonchev–Trinajstić information content (AvgIpc) is 2.21. The van der Waals surface area contributed by atoms with Crippen molar-refractivity contribution in [1.82, 2.24) is 9.80 Å². The first-order valence-electron chi connectivity index (χ1n) is 5.36. The lowest BCUT2D eigenvalue weighted by Gasteiger charge is -2.36. The summed E-state index contributed by atoms with van der Waals surface area (Å²) in [5, 5.41) is 0. The van der Waals surface area contributed by atoms with Crippen molar-refractivity contribution in [2.45, 2.75) is 12.5 Å². The molecule has 1 saturated heterocycles. The highest BCUT2D eigenvalue weighted by Crippen LogP contribution is 2.08. The number of carbonyl (C=O) groups excluding carboxylic acids is 1. The van der Waals surface area contributed by atoms with E-state index in [1.807, 2.05) is 0 Å². The normalized spacial score (nSPS) is 21.5. The molecule has 0 spiro atoms. The van der Waals surface area contributed by atoms with Gasteiger partial charge in [0.2, 0.25) is 5.91 Å². The molecule has 0 aromatic heterocycles. The number of ether oxygens (including phenoxy) is 1. The van der Waals surface area contributed by atoms with Gasteiger partial charge in [-0.2, -0.15) is 0 Å². The predicted octanol–water partition coefficient (Wildman–Crippen LogP) is -0.876. The highest BCUT2D eigenvalue weighted by atomic mass is 16.5. The second-order valence-corrected chi connectivity index (χ2v) is 4.04. The van der Waals surface area contributed by atoms with E-state index in [0.29, 0.717) is 13.0 Å². The van der Waals surface area contributed by atoms with E-state index in [9.17, 15) is 4.79 Å². The van der Waals surface area contributed by atoms with Gasteiger partial charge < -0.3 is 15.4 Å². The van der Waals surface area contributed by atoms with Gasteiger partial charge in [0.25, 0.3) is 0 Å². The van der Waals surface area contributed by atoms with Crippen LogP contribution in [0.25, 0.3) is 0 Å². The number of piperazine rings is 1. The van der Waals surface area contributed by atoms with Gasteiger partial charge in [0, 0.05) is 39.9 Å². The summed E-state index contributed by atoms with van der Waals surface area (Å²) in [5.41, 5.74) is 5.39. The number of rotatable bonds is 5. The van der Waals surface area contributed by atoms with Gasteiger partial charge in [-0.15, -0.1) is 0 Å². The standard InChI is InChI=1S/C10H21N3O2/c1-12-4-6-13(7-5-12)9(10(11)14)3-8-15-2/h9H,3-8H2,1-2H3,(H2,11,14)/t9-/m1/s1. The van der Waals surface area contributed by atoms with Crippen LogP contribution < -0.4 is 5.73 Å². The number of nitrogens with zero attached hydrogens (tertiary/aromatic N) is 2. The molecular weight excluding hydrogens is 194 g/mol. The smallest absolute Gasteiger partial charge is 0.234 e. The van der Waals surface area contributed by atoms with E-state index in [1.54, 1.807) is 7.11 Å². The van der Waals surface area contributed by atoms with Gasteiger partial charge in [0.05, 0.1) is 6.04 Å². The van der Waals surface area contributed by atoms with Crippen LogP contribution in [0.15, 0.2) is 0 Å². The van der Waals surface area contributed by atoms with Crippen LogP contribution >= 0.6 is 0 Å². The Balaban J connectivity index is 2.44. The molecule has 5 nitrogen and oxygen atoms in total. The summed E-state index contributed by atoms with van der Waals surface area (Å²) in [6, 6.07) is -0.168. The largest absolute Gasteiger partial charge is 0.385 e. The third kappa shape index (κ3) is 3.77. The zero-order valence-corrected chi connectivity index (χ0v) is 9.61. The Morgan fingerprint density at radius 1 is 1.40 bits per heavy atom. The lowest BCUT2D eigenvalue weighted by atomic mass is 10.1. The van der Waals surface area contributed by atoms with Gasteiger partial charge >= 0.3 is 0 Å². The summed E-state index contributed by atoms with van der Waals surface area (Å²) in [4.78, 5) is 15.7. The van der Waals surface area contributed by atoms with E-state index >= 15 is 0 Å². The van der Waals surface area contributed by atoms with Crippen LogP contribution in [0.1, 0.15) is 6.42 Å². The number of hydrogen-bond donors (Lipinski definition) is 1. The molecule has 15 heavy (non-hydrogen) atoms. The summed E-state index contributed by atoms with van der Waals surface area (Å²) in [6.45, 7) is 4.40. The summed E-state index contributed by atoms with van der Waals surface area (Å²) in [6.07, 6.45) is 0.690. The van der Waals surface area contributed by atoms with Crippen LogP contribution in [0.2, 0.25) is 0 Å². The number of amides is 1. The Kier molecular flexibility index (Phi) is 5.01. The van der Waals surface area contributed by atoms with Crippen molar-refractivity contribution in [3.05, 3.63) is 0 Å². The summed E-state index contributed by atoms with van der Waals surface area (Å²) >= 11 is 0. The first-order chi connectivity index (χ1) is 7.15. The fourth-order valence-electron chi connectivity index (χ4n) is 1.87. The minimum absolute atomic E-state index is 0.168. The number of carbonyl (C=O) groups is 1. The van der Waals surface area contributed by atoms with E-state index in [1.165, 1.54) is 0 Å².